The van der Waals surface area contributed by atoms with E-state index in [2.05, 4.69) is 5.32 Å². The number of nitrogens with zero attached hydrogens (tertiary/aromatic N) is 1. The number of benzene rings is 3. The Hall–Kier alpha value is -3.65. The first-order valence-electron chi connectivity index (χ1n) is 9.94. The Labute approximate surface area is 186 Å². The van der Waals surface area contributed by atoms with E-state index in [4.69, 9.17) is 4.74 Å². The molecule has 0 saturated heterocycles. The third-order valence-corrected chi connectivity index (χ3v) is 6.92. The molecular weight excluding hydrogens is 431 g/mol. The number of carbonyl (C=O) groups excluding carboxylic acids is 1. The van der Waals surface area contributed by atoms with E-state index in [1.165, 1.54) is 31.3 Å². The highest BCUT2D eigenvalue weighted by molar-refractivity contribution is 7.97. The van der Waals surface area contributed by atoms with Gasteiger partial charge in [0.15, 0.2) is 4.91 Å². The van der Waals surface area contributed by atoms with Gasteiger partial charge in [0.25, 0.3) is 15.9 Å². The smallest absolute Gasteiger partial charge is 0.270 e. The van der Waals surface area contributed by atoms with Crippen molar-refractivity contribution < 1.29 is 22.3 Å². The fourth-order valence-electron chi connectivity index (χ4n) is 3.54. The second-order valence-corrected chi connectivity index (χ2v) is 9.02. The highest BCUT2D eigenvalue weighted by Gasteiger charge is 2.39. The summed E-state index contributed by atoms with van der Waals surface area (Å²) in [6, 6.07) is 21.5. The van der Waals surface area contributed by atoms with E-state index in [1.54, 1.807) is 48.5 Å². The average molecular weight is 453 g/mol. The van der Waals surface area contributed by atoms with E-state index in [9.17, 15) is 17.6 Å². The van der Waals surface area contributed by atoms with Crippen molar-refractivity contribution in [1.82, 2.24) is 5.32 Å². The monoisotopic (exact) mass is 452 g/mol. The minimum atomic E-state index is -4.09. The maximum absolute atomic E-state index is 13.3. The molecule has 0 aliphatic carbocycles. The van der Waals surface area contributed by atoms with Crippen molar-refractivity contribution in [2.45, 2.75) is 0 Å². The second-order valence-electron chi connectivity index (χ2n) is 7.12. The van der Waals surface area contributed by atoms with Gasteiger partial charge in [-0.2, -0.15) is 0 Å². The van der Waals surface area contributed by atoms with Crippen LogP contribution >= 0.6 is 0 Å². The fraction of sp³-hybridized carbons (Fsp3) is 0.125. The Morgan fingerprint density at radius 3 is 2.34 bits per heavy atom. The van der Waals surface area contributed by atoms with Crippen LogP contribution in [0.5, 0.6) is 5.75 Å². The Balaban J connectivity index is 1.65. The number of nitrogens with one attached hydrogen (secondary N) is 1. The Bertz CT molecular complexity index is 1270. The molecule has 0 radical (unpaired) electrons. The van der Waals surface area contributed by atoms with Crippen molar-refractivity contribution >= 4 is 27.2 Å². The summed E-state index contributed by atoms with van der Waals surface area (Å²) >= 11 is 0. The number of fused-ring (bicyclic) bond motifs is 1. The van der Waals surface area contributed by atoms with Crippen LogP contribution in [0.25, 0.3) is 5.57 Å². The van der Waals surface area contributed by atoms with Crippen LogP contribution in [-0.4, -0.2) is 34.5 Å². The summed E-state index contributed by atoms with van der Waals surface area (Å²) in [5, 5.41) is 2.64. The molecule has 164 valence electrons. The minimum Gasteiger partial charge on any atom is -0.492 e. The number of halogens is 1. The molecule has 4 rings (SSSR count). The van der Waals surface area contributed by atoms with E-state index < -0.39 is 15.9 Å². The Kier molecular flexibility index (Phi) is 5.96. The van der Waals surface area contributed by atoms with Gasteiger partial charge in [0, 0.05) is 18.2 Å². The molecule has 0 atom stereocenters. The fourth-order valence-corrected chi connectivity index (χ4v) is 5.03. The van der Waals surface area contributed by atoms with Gasteiger partial charge in [-0.05, 0) is 35.9 Å². The summed E-state index contributed by atoms with van der Waals surface area (Å²) in [6.07, 6.45) is 0. The van der Waals surface area contributed by atoms with Gasteiger partial charge in [-0.15, -0.1) is 0 Å². The molecule has 0 unspecified atom stereocenters. The van der Waals surface area contributed by atoms with Crippen LogP contribution in [0.2, 0.25) is 0 Å². The zero-order chi connectivity index (χ0) is 22.7. The molecular formula is C24H21FN2O4S. The number of hydrogen-bond donors (Lipinski definition) is 1. The average Bonchev–Trinajstić information content (AvgIpc) is 2.80. The molecule has 0 spiro atoms. The first-order chi connectivity index (χ1) is 15.4. The predicted octanol–water partition coefficient (Wildman–Crippen LogP) is 3.56. The van der Waals surface area contributed by atoms with Crippen LogP contribution in [0.1, 0.15) is 11.1 Å². The zero-order valence-corrected chi connectivity index (χ0v) is 18.1. The molecule has 1 amide bonds. The van der Waals surface area contributed by atoms with Crippen LogP contribution in [0.3, 0.4) is 0 Å². The molecule has 3 aromatic rings. The summed E-state index contributed by atoms with van der Waals surface area (Å²) in [5.41, 5.74) is 2.15. The SMILES string of the molecule is CN1c2ccccc2C(c2ccccc2)=C(C(=O)NCCOc2ccc(F)cc2)S1(=O)=O. The number of ether oxygens (including phenoxy) is 1. The molecule has 0 aromatic heterocycles. The molecule has 0 fully saturated rings. The van der Waals surface area contributed by atoms with E-state index >= 15 is 0 Å². The number of para-hydroxylation sites is 1. The third kappa shape index (κ3) is 4.09. The lowest BCUT2D eigenvalue weighted by Gasteiger charge is -2.30. The number of carbonyl (C=O) groups is 1. The van der Waals surface area contributed by atoms with Crippen LogP contribution in [-0.2, 0) is 14.8 Å². The Morgan fingerprint density at radius 1 is 0.969 bits per heavy atom. The van der Waals surface area contributed by atoms with E-state index in [-0.39, 0.29) is 23.9 Å². The van der Waals surface area contributed by atoms with Gasteiger partial charge in [-0.1, -0.05) is 48.5 Å². The maximum Gasteiger partial charge on any atom is 0.270 e. The van der Waals surface area contributed by atoms with Gasteiger partial charge in [0.1, 0.15) is 18.2 Å². The maximum atomic E-state index is 13.3. The number of sulfonamides is 1. The van der Waals surface area contributed by atoms with E-state index in [0.29, 0.717) is 28.1 Å². The zero-order valence-electron chi connectivity index (χ0n) is 17.3. The van der Waals surface area contributed by atoms with Crippen LogP contribution in [0.15, 0.2) is 83.8 Å². The molecule has 32 heavy (non-hydrogen) atoms. The molecule has 0 bridgehead atoms. The lowest BCUT2D eigenvalue weighted by molar-refractivity contribution is -0.116. The van der Waals surface area contributed by atoms with Gasteiger partial charge < -0.3 is 10.1 Å². The molecule has 1 N–H and O–H groups in total. The van der Waals surface area contributed by atoms with Gasteiger partial charge in [-0.3, -0.25) is 9.10 Å². The molecule has 1 aliphatic rings. The third-order valence-electron chi connectivity index (χ3n) is 5.10. The van der Waals surface area contributed by atoms with Gasteiger partial charge in [0.05, 0.1) is 12.2 Å². The van der Waals surface area contributed by atoms with Crippen LogP contribution in [0, 0.1) is 5.82 Å². The normalized spacial score (nSPS) is 14.6. The summed E-state index contributed by atoms with van der Waals surface area (Å²) < 4.78 is 46.3. The number of hydrogen-bond acceptors (Lipinski definition) is 4. The first kappa shape index (κ1) is 21.6. The molecule has 6 nitrogen and oxygen atoms in total. The quantitative estimate of drug-likeness (QED) is 0.581. The minimum absolute atomic E-state index is 0.0721. The van der Waals surface area contributed by atoms with Crippen LogP contribution < -0.4 is 14.4 Å². The lowest BCUT2D eigenvalue weighted by Crippen LogP contribution is -2.40. The summed E-state index contributed by atoms with van der Waals surface area (Å²) in [4.78, 5) is 12.8. The summed E-state index contributed by atoms with van der Waals surface area (Å²) in [7, 11) is -2.66. The van der Waals surface area contributed by atoms with Crippen molar-refractivity contribution in [2.75, 3.05) is 24.5 Å². The standard InChI is InChI=1S/C24H21FN2O4S/c1-27-21-10-6-5-9-20(21)22(17-7-3-2-4-8-17)23(32(27,29)30)24(28)26-15-16-31-19-13-11-18(25)12-14-19/h2-14H,15-16H2,1H3,(H,26,28). The largest absolute Gasteiger partial charge is 0.492 e. The first-order valence-corrected chi connectivity index (χ1v) is 11.4. The Morgan fingerprint density at radius 2 is 1.62 bits per heavy atom. The van der Waals surface area contributed by atoms with Gasteiger partial charge in [-0.25, -0.2) is 12.8 Å². The number of rotatable bonds is 6. The topological polar surface area (TPSA) is 75.7 Å². The second kappa shape index (κ2) is 8.84. The molecule has 3 aromatic carbocycles. The predicted molar refractivity (Wildman–Crippen MR) is 121 cm³/mol. The lowest BCUT2D eigenvalue weighted by atomic mass is 9.95. The van der Waals surface area contributed by atoms with Crippen molar-refractivity contribution in [2.24, 2.45) is 0 Å². The van der Waals surface area contributed by atoms with Crippen molar-refractivity contribution in [3.05, 3.63) is 101 Å². The molecule has 8 heteroatoms. The summed E-state index contributed by atoms with van der Waals surface area (Å²) in [5.74, 6) is -0.644. The van der Waals surface area contributed by atoms with Crippen molar-refractivity contribution in [3.8, 4) is 5.75 Å². The highest BCUT2D eigenvalue weighted by atomic mass is 32.2. The van der Waals surface area contributed by atoms with Crippen molar-refractivity contribution in [1.29, 1.82) is 0 Å². The van der Waals surface area contributed by atoms with Crippen LogP contribution in [0.4, 0.5) is 10.1 Å². The van der Waals surface area contributed by atoms with Crippen molar-refractivity contribution in [3.63, 3.8) is 0 Å². The van der Waals surface area contributed by atoms with E-state index in [1.807, 2.05) is 6.07 Å². The number of anilines is 1. The van der Waals surface area contributed by atoms with Gasteiger partial charge in [0.2, 0.25) is 0 Å². The summed E-state index contributed by atoms with van der Waals surface area (Å²) in [6.45, 7) is 0.167. The highest BCUT2D eigenvalue weighted by Crippen LogP contribution is 2.41. The molecule has 0 saturated carbocycles. The van der Waals surface area contributed by atoms with Gasteiger partial charge >= 0.3 is 0 Å². The molecule has 1 heterocycles. The molecule has 1 aliphatic heterocycles. The van der Waals surface area contributed by atoms with E-state index in [0.717, 1.165) is 4.31 Å². The number of amides is 1.